The molecule has 0 bridgehead atoms. The van der Waals surface area contributed by atoms with E-state index in [1.54, 1.807) is 11.3 Å². The molecule has 0 aliphatic carbocycles. The van der Waals surface area contributed by atoms with Gasteiger partial charge in [0.25, 0.3) is 0 Å². The smallest absolute Gasteiger partial charge is 0.0795 e. The third-order valence-electron chi connectivity index (χ3n) is 2.94. The highest BCUT2D eigenvalue weighted by Gasteiger charge is 2.10. The Hall–Kier alpha value is -0.450. The summed E-state index contributed by atoms with van der Waals surface area (Å²) in [6.45, 7) is 9.93. The summed E-state index contributed by atoms with van der Waals surface area (Å²) in [6.07, 6.45) is 1.19. The van der Waals surface area contributed by atoms with Crippen molar-refractivity contribution in [3.8, 4) is 0 Å². The molecule has 3 nitrogen and oxygen atoms in total. The topological polar surface area (TPSA) is 28.2 Å². The Morgan fingerprint density at radius 2 is 2.18 bits per heavy atom. The van der Waals surface area contributed by atoms with E-state index in [0.29, 0.717) is 6.04 Å². The zero-order chi connectivity index (χ0) is 12.7. The average molecular weight is 255 g/mol. The molecule has 0 aliphatic heterocycles. The number of hydrogen-bond acceptors (Lipinski definition) is 4. The minimum Gasteiger partial charge on any atom is -0.316 e. The van der Waals surface area contributed by atoms with Crippen LogP contribution in [0.2, 0.25) is 0 Å². The van der Waals surface area contributed by atoms with Crippen molar-refractivity contribution in [1.29, 1.82) is 0 Å². The Labute approximate surface area is 109 Å². The van der Waals surface area contributed by atoms with Crippen molar-refractivity contribution in [3.63, 3.8) is 0 Å². The maximum atomic E-state index is 4.32. The van der Waals surface area contributed by atoms with E-state index in [1.807, 2.05) is 5.51 Å². The summed E-state index contributed by atoms with van der Waals surface area (Å²) in [5.41, 5.74) is 3.08. The monoisotopic (exact) mass is 255 g/mol. The van der Waals surface area contributed by atoms with Crippen molar-refractivity contribution < 1.29 is 0 Å². The molecular formula is C13H25N3S. The number of rotatable bonds is 8. The van der Waals surface area contributed by atoms with Gasteiger partial charge in [0.2, 0.25) is 0 Å². The molecule has 0 fully saturated rings. The maximum absolute atomic E-state index is 4.32. The highest BCUT2D eigenvalue weighted by Crippen LogP contribution is 2.08. The van der Waals surface area contributed by atoms with Crippen LogP contribution in [0.25, 0.3) is 0 Å². The SMILES string of the molecule is CC(C)CNCCC(C)N(C)Cc1cscn1. The molecule has 0 saturated carbocycles. The van der Waals surface area contributed by atoms with Crippen molar-refractivity contribution >= 4 is 11.3 Å². The van der Waals surface area contributed by atoms with Crippen molar-refractivity contribution in [2.24, 2.45) is 5.92 Å². The fraction of sp³-hybridized carbons (Fsp3) is 0.769. The number of thiazole rings is 1. The van der Waals surface area contributed by atoms with E-state index in [2.05, 4.69) is 48.4 Å². The Balaban J connectivity index is 2.16. The number of nitrogens with one attached hydrogen (secondary N) is 1. The minimum atomic E-state index is 0.594. The van der Waals surface area contributed by atoms with Gasteiger partial charge >= 0.3 is 0 Å². The molecule has 0 saturated heterocycles. The number of hydrogen-bond donors (Lipinski definition) is 1. The number of nitrogens with zero attached hydrogens (tertiary/aromatic N) is 2. The molecule has 17 heavy (non-hydrogen) atoms. The molecule has 1 rings (SSSR count). The minimum absolute atomic E-state index is 0.594. The summed E-state index contributed by atoms with van der Waals surface area (Å²) in [6, 6.07) is 0.594. The maximum Gasteiger partial charge on any atom is 0.0795 e. The summed E-state index contributed by atoms with van der Waals surface area (Å²) >= 11 is 1.67. The Bertz CT molecular complexity index is 285. The molecule has 0 radical (unpaired) electrons. The summed E-state index contributed by atoms with van der Waals surface area (Å²) < 4.78 is 0. The Morgan fingerprint density at radius 3 is 2.76 bits per heavy atom. The highest BCUT2D eigenvalue weighted by atomic mass is 32.1. The standard InChI is InChI=1S/C13H25N3S/c1-11(2)7-14-6-5-12(3)16(4)8-13-9-17-10-15-13/h9-12,14H,5-8H2,1-4H3. The molecular weight excluding hydrogens is 230 g/mol. The Kier molecular flexibility index (Phi) is 6.70. The van der Waals surface area contributed by atoms with Gasteiger partial charge in [-0.05, 0) is 39.4 Å². The molecule has 98 valence electrons. The van der Waals surface area contributed by atoms with Crippen molar-refractivity contribution in [2.75, 3.05) is 20.1 Å². The molecule has 1 heterocycles. The largest absolute Gasteiger partial charge is 0.316 e. The van der Waals surface area contributed by atoms with Crippen LogP contribution < -0.4 is 5.32 Å². The van der Waals surface area contributed by atoms with E-state index in [0.717, 1.165) is 25.6 Å². The van der Waals surface area contributed by atoms with E-state index in [1.165, 1.54) is 12.1 Å². The van der Waals surface area contributed by atoms with Crippen LogP contribution in [0.1, 0.15) is 32.9 Å². The first kappa shape index (κ1) is 14.6. The zero-order valence-electron chi connectivity index (χ0n) is 11.4. The van der Waals surface area contributed by atoms with Gasteiger partial charge in [0.05, 0.1) is 11.2 Å². The molecule has 4 heteroatoms. The summed E-state index contributed by atoms with van der Waals surface area (Å²) in [5.74, 6) is 0.734. The summed E-state index contributed by atoms with van der Waals surface area (Å²) in [4.78, 5) is 6.69. The van der Waals surface area contributed by atoms with E-state index in [9.17, 15) is 0 Å². The fourth-order valence-electron chi connectivity index (χ4n) is 1.65. The second kappa shape index (κ2) is 7.80. The first-order valence-electron chi connectivity index (χ1n) is 6.37. The normalized spacial score (nSPS) is 13.5. The molecule has 0 aromatic carbocycles. The predicted octanol–water partition coefficient (Wildman–Crippen LogP) is 2.60. The molecule has 0 aliphatic rings. The third kappa shape index (κ3) is 6.15. The van der Waals surface area contributed by atoms with Gasteiger partial charge in [-0.15, -0.1) is 11.3 Å². The lowest BCUT2D eigenvalue weighted by molar-refractivity contribution is 0.234. The first-order valence-corrected chi connectivity index (χ1v) is 7.32. The van der Waals surface area contributed by atoms with Crippen LogP contribution in [0, 0.1) is 5.92 Å². The van der Waals surface area contributed by atoms with Gasteiger partial charge in [0, 0.05) is 18.0 Å². The zero-order valence-corrected chi connectivity index (χ0v) is 12.3. The van der Waals surface area contributed by atoms with Crippen LogP contribution in [0.4, 0.5) is 0 Å². The molecule has 1 aromatic heterocycles. The van der Waals surface area contributed by atoms with Gasteiger partial charge in [-0.25, -0.2) is 4.98 Å². The molecule has 1 atom stereocenters. The second-order valence-corrected chi connectivity index (χ2v) is 5.85. The molecule has 1 aromatic rings. The van der Waals surface area contributed by atoms with Crippen LogP contribution in [0.3, 0.4) is 0 Å². The molecule has 0 spiro atoms. The first-order chi connectivity index (χ1) is 8.09. The highest BCUT2D eigenvalue weighted by molar-refractivity contribution is 7.07. The van der Waals surface area contributed by atoms with E-state index in [-0.39, 0.29) is 0 Å². The van der Waals surface area contributed by atoms with E-state index < -0.39 is 0 Å². The van der Waals surface area contributed by atoms with Crippen LogP contribution in [0.15, 0.2) is 10.9 Å². The third-order valence-corrected chi connectivity index (χ3v) is 3.57. The second-order valence-electron chi connectivity index (χ2n) is 5.13. The van der Waals surface area contributed by atoms with Gasteiger partial charge in [-0.1, -0.05) is 13.8 Å². The Morgan fingerprint density at radius 1 is 1.41 bits per heavy atom. The average Bonchev–Trinajstić information content (AvgIpc) is 2.76. The number of aromatic nitrogens is 1. The lowest BCUT2D eigenvalue weighted by Gasteiger charge is -2.24. The summed E-state index contributed by atoms with van der Waals surface area (Å²) in [5, 5.41) is 5.61. The molecule has 1 N–H and O–H groups in total. The van der Waals surface area contributed by atoms with Crippen molar-refractivity contribution in [3.05, 3.63) is 16.6 Å². The van der Waals surface area contributed by atoms with Gasteiger partial charge < -0.3 is 5.32 Å². The lowest BCUT2D eigenvalue weighted by Crippen LogP contribution is -2.32. The quantitative estimate of drug-likeness (QED) is 0.724. The lowest BCUT2D eigenvalue weighted by atomic mass is 10.2. The summed E-state index contributed by atoms with van der Waals surface area (Å²) in [7, 11) is 2.17. The van der Waals surface area contributed by atoms with Crippen LogP contribution in [-0.2, 0) is 6.54 Å². The van der Waals surface area contributed by atoms with Crippen LogP contribution in [0.5, 0.6) is 0 Å². The predicted molar refractivity (Wildman–Crippen MR) is 75.4 cm³/mol. The van der Waals surface area contributed by atoms with Crippen LogP contribution >= 0.6 is 11.3 Å². The van der Waals surface area contributed by atoms with Gasteiger partial charge in [0.15, 0.2) is 0 Å². The van der Waals surface area contributed by atoms with Crippen LogP contribution in [-0.4, -0.2) is 36.1 Å². The van der Waals surface area contributed by atoms with Crippen molar-refractivity contribution in [1.82, 2.24) is 15.2 Å². The van der Waals surface area contributed by atoms with Gasteiger partial charge in [0.1, 0.15) is 0 Å². The van der Waals surface area contributed by atoms with E-state index in [4.69, 9.17) is 0 Å². The van der Waals surface area contributed by atoms with E-state index >= 15 is 0 Å². The van der Waals surface area contributed by atoms with Crippen molar-refractivity contribution in [2.45, 2.75) is 39.8 Å². The molecule has 0 amide bonds. The van der Waals surface area contributed by atoms with Gasteiger partial charge in [-0.2, -0.15) is 0 Å². The molecule has 1 unspecified atom stereocenters. The fourth-order valence-corrected chi connectivity index (χ4v) is 2.20. The van der Waals surface area contributed by atoms with Gasteiger partial charge in [-0.3, -0.25) is 4.90 Å².